The van der Waals surface area contributed by atoms with Gasteiger partial charge in [-0.05, 0) is 25.0 Å². The van der Waals surface area contributed by atoms with Gasteiger partial charge >= 0.3 is 10.0 Å². The summed E-state index contributed by atoms with van der Waals surface area (Å²) in [6, 6.07) is 2.66. The molecule has 0 aromatic carbocycles. The number of ketones is 1. The van der Waals surface area contributed by atoms with E-state index in [0.29, 0.717) is 11.1 Å². The Morgan fingerprint density at radius 2 is 1.30 bits per heavy atom. The van der Waals surface area contributed by atoms with E-state index in [0.717, 1.165) is 22.7 Å². The van der Waals surface area contributed by atoms with Crippen molar-refractivity contribution < 1.29 is 14.6 Å². The van der Waals surface area contributed by atoms with E-state index in [2.05, 4.69) is 0 Å². The summed E-state index contributed by atoms with van der Waals surface area (Å²) < 4.78 is 0. The third-order valence-electron chi connectivity index (χ3n) is 2.58. The van der Waals surface area contributed by atoms with Crippen molar-refractivity contribution in [1.82, 2.24) is 0 Å². The van der Waals surface area contributed by atoms with Crippen LogP contribution < -0.4 is 0 Å². The van der Waals surface area contributed by atoms with Crippen LogP contribution in [0.15, 0.2) is 12.1 Å². The van der Waals surface area contributed by atoms with Crippen molar-refractivity contribution in [2.45, 2.75) is 13.8 Å². The van der Waals surface area contributed by atoms with Gasteiger partial charge in [0.05, 0.1) is 19.6 Å². The summed E-state index contributed by atoms with van der Waals surface area (Å²) in [4.78, 5) is 33.1. The molecule has 0 atom stereocenters. The number of hydrogen-bond acceptors (Lipinski definition) is 7. The highest BCUT2D eigenvalue weighted by Crippen LogP contribution is 2.35. The average Bonchev–Trinajstić information content (AvgIpc) is 2.92. The first-order valence-electron chi connectivity index (χ1n) is 5.35. The van der Waals surface area contributed by atoms with Gasteiger partial charge in [-0.1, -0.05) is 22.7 Å². The van der Waals surface area contributed by atoms with Crippen LogP contribution >= 0.6 is 22.7 Å². The number of nitrogens with zero attached hydrogens (tertiary/aromatic N) is 2. The van der Waals surface area contributed by atoms with Crippen LogP contribution in [0.5, 0.6) is 0 Å². The van der Waals surface area contributed by atoms with E-state index in [4.69, 9.17) is 0 Å². The van der Waals surface area contributed by atoms with Gasteiger partial charge in [0.25, 0.3) is 0 Å². The fourth-order valence-electron chi connectivity index (χ4n) is 1.66. The van der Waals surface area contributed by atoms with Gasteiger partial charge in [-0.25, -0.2) is 0 Å². The Balaban J connectivity index is 2.46. The number of carbonyl (C=O) groups excluding carboxylic acids is 1. The molecule has 0 aliphatic carbocycles. The van der Waals surface area contributed by atoms with Gasteiger partial charge < -0.3 is 0 Å². The lowest BCUT2D eigenvalue weighted by atomic mass is 10.1. The second-order valence-corrected chi connectivity index (χ2v) is 6.10. The molecule has 2 rings (SSSR count). The quantitative estimate of drug-likeness (QED) is 0.488. The molecule has 0 unspecified atom stereocenters. The lowest BCUT2D eigenvalue weighted by molar-refractivity contribution is -0.380. The maximum atomic E-state index is 12.3. The molecule has 104 valence electrons. The van der Waals surface area contributed by atoms with Crippen molar-refractivity contribution in [2.75, 3.05) is 0 Å². The molecular formula is C11H8N2O5S2. The molecule has 0 bridgehead atoms. The Morgan fingerprint density at radius 3 is 1.55 bits per heavy atom. The van der Waals surface area contributed by atoms with Crippen LogP contribution in [0.4, 0.5) is 10.0 Å². The second-order valence-electron chi connectivity index (χ2n) is 4.04. The molecule has 7 nitrogen and oxygen atoms in total. The van der Waals surface area contributed by atoms with Gasteiger partial charge in [-0.2, -0.15) is 0 Å². The Hall–Kier alpha value is -2.13. The molecule has 0 spiro atoms. The van der Waals surface area contributed by atoms with Gasteiger partial charge in [-0.3, -0.25) is 25.0 Å². The van der Waals surface area contributed by atoms with Crippen LogP contribution in [0.25, 0.3) is 0 Å². The molecule has 0 fully saturated rings. The van der Waals surface area contributed by atoms with Crippen molar-refractivity contribution in [2.24, 2.45) is 0 Å². The minimum absolute atomic E-state index is 0.116. The van der Waals surface area contributed by atoms with Crippen LogP contribution in [0.1, 0.15) is 25.7 Å². The minimum atomic E-state index is -0.557. The van der Waals surface area contributed by atoms with Crippen LogP contribution in [0.3, 0.4) is 0 Å². The van der Waals surface area contributed by atoms with Crippen LogP contribution in [-0.4, -0.2) is 15.6 Å². The molecule has 0 saturated heterocycles. The molecule has 20 heavy (non-hydrogen) atoms. The first kappa shape index (κ1) is 14.3. The first-order valence-corrected chi connectivity index (χ1v) is 6.99. The largest absolute Gasteiger partial charge is 0.325 e. The van der Waals surface area contributed by atoms with Crippen LogP contribution in [0.2, 0.25) is 0 Å². The van der Waals surface area contributed by atoms with Gasteiger partial charge in [-0.15, -0.1) is 0 Å². The van der Waals surface area contributed by atoms with E-state index in [9.17, 15) is 25.0 Å². The first-order chi connectivity index (χ1) is 9.31. The van der Waals surface area contributed by atoms with Crippen LogP contribution in [0, 0.1) is 34.1 Å². The van der Waals surface area contributed by atoms with Crippen molar-refractivity contribution >= 4 is 38.5 Å². The van der Waals surface area contributed by atoms with Crippen molar-refractivity contribution in [3.8, 4) is 0 Å². The molecule has 2 aromatic heterocycles. The molecular weight excluding hydrogens is 304 g/mol. The average molecular weight is 312 g/mol. The molecule has 0 radical (unpaired) electrons. The summed E-state index contributed by atoms with van der Waals surface area (Å²) in [6.07, 6.45) is 0. The van der Waals surface area contributed by atoms with E-state index < -0.39 is 15.6 Å². The Morgan fingerprint density at radius 1 is 0.950 bits per heavy atom. The molecule has 0 aliphatic heterocycles. The Labute approximate surface area is 120 Å². The van der Waals surface area contributed by atoms with Gasteiger partial charge in [0, 0.05) is 12.1 Å². The summed E-state index contributed by atoms with van der Waals surface area (Å²) in [5.74, 6) is -0.406. The predicted octanol–water partition coefficient (Wildman–Crippen LogP) is 3.47. The number of nitro groups is 2. The van der Waals surface area contributed by atoms with E-state index in [1.54, 1.807) is 13.8 Å². The number of thiophene rings is 2. The van der Waals surface area contributed by atoms with Gasteiger partial charge in [0.1, 0.15) is 0 Å². The lowest BCUT2D eigenvalue weighted by Crippen LogP contribution is -1.99. The molecule has 2 aromatic rings. The van der Waals surface area contributed by atoms with E-state index >= 15 is 0 Å². The van der Waals surface area contributed by atoms with Crippen molar-refractivity contribution in [3.05, 3.63) is 53.2 Å². The van der Waals surface area contributed by atoms with Gasteiger partial charge in [0.15, 0.2) is 0 Å². The highest BCUT2D eigenvalue weighted by Gasteiger charge is 2.25. The van der Waals surface area contributed by atoms with Crippen molar-refractivity contribution in [3.63, 3.8) is 0 Å². The summed E-state index contributed by atoms with van der Waals surface area (Å²) in [5, 5.41) is 21.2. The molecule has 2 heterocycles. The molecule has 9 heteroatoms. The third-order valence-corrected chi connectivity index (χ3v) is 4.96. The monoisotopic (exact) mass is 312 g/mol. The molecule has 0 amide bonds. The molecule has 0 N–H and O–H groups in total. The number of carbonyl (C=O) groups is 1. The zero-order valence-corrected chi connectivity index (χ0v) is 12.0. The maximum Gasteiger partial charge on any atom is 0.325 e. The fourth-order valence-corrected chi connectivity index (χ4v) is 3.60. The SMILES string of the molecule is Cc1cc([N+](=O)[O-])sc1C(=O)c1sc([N+](=O)[O-])cc1C. The Kier molecular flexibility index (Phi) is 3.64. The zero-order chi connectivity index (χ0) is 15.0. The second kappa shape index (κ2) is 5.10. The van der Waals surface area contributed by atoms with E-state index in [1.165, 1.54) is 12.1 Å². The highest BCUT2D eigenvalue weighted by molar-refractivity contribution is 7.20. The van der Waals surface area contributed by atoms with Crippen molar-refractivity contribution in [1.29, 1.82) is 0 Å². The minimum Gasteiger partial charge on any atom is -0.287 e. The highest BCUT2D eigenvalue weighted by atomic mass is 32.1. The lowest BCUT2D eigenvalue weighted by Gasteiger charge is -1.96. The van der Waals surface area contributed by atoms with Crippen LogP contribution in [-0.2, 0) is 0 Å². The standard InChI is InChI=1S/C11H8N2O5S2/c1-5-3-7(12(15)16)19-10(5)9(14)11-6(2)4-8(20-11)13(17)18/h3-4H,1-2H3. The van der Waals surface area contributed by atoms with Gasteiger partial charge in [0.2, 0.25) is 5.78 Å². The molecule has 0 aliphatic rings. The fraction of sp³-hybridized carbons (Fsp3) is 0.182. The number of hydrogen-bond donors (Lipinski definition) is 0. The smallest absolute Gasteiger partial charge is 0.287 e. The number of rotatable bonds is 4. The Bertz CT molecular complexity index is 671. The zero-order valence-electron chi connectivity index (χ0n) is 10.4. The van der Waals surface area contributed by atoms with E-state index in [1.807, 2.05) is 0 Å². The summed E-state index contributed by atoms with van der Waals surface area (Å²) in [6.45, 7) is 3.21. The third kappa shape index (κ3) is 2.45. The molecule has 0 saturated carbocycles. The normalized spacial score (nSPS) is 10.5. The predicted molar refractivity (Wildman–Crippen MR) is 74.9 cm³/mol. The maximum absolute atomic E-state index is 12.3. The summed E-state index contributed by atoms with van der Waals surface area (Å²) in [5.41, 5.74) is 1.00. The summed E-state index contributed by atoms with van der Waals surface area (Å²) in [7, 11) is 0. The summed E-state index contributed by atoms with van der Waals surface area (Å²) >= 11 is 1.57. The van der Waals surface area contributed by atoms with E-state index in [-0.39, 0.29) is 19.8 Å². The topological polar surface area (TPSA) is 103 Å². The number of aryl methyl sites for hydroxylation is 2.